The normalized spacial score (nSPS) is 11.1. The van der Waals surface area contributed by atoms with Gasteiger partial charge in [-0.05, 0) is 91.8 Å². The lowest BCUT2D eigenvalue weighted by Crippen LogP contribution is -2.10. The predicted molar refractivity (Wildman–Crippen MR) is 135 cm³/mol. The molecule has 0 aliphatic heterocycles. The van der Waals surface area contributed by atoms with Gasteiger partial charge in [-0.2, -0.15) is 0 Å². The van der Waals surface area contributed by atoms with Crippen LogP contribution in [0.25, 0.3) is 0 Å². The Balaban J connectivity index is 2.47. The van der Waals surface area contributed by atoms with Crippen LogP contribution in [-0.4, -0.2) is 5.78 Å². The minimum atomic E-state index is 0.0877. The molecule has 0 heterocycles. The lowest BCUT2D eigenvalue weighted by Gasteiger charge is -2.15. The molecule has 0 radical (unpaired) electrons. The maximum Gasteiger partial charge on any atom is 0.195 e. The summed E-state index contributed by atoms with van der Waals surface area (Å²) in [6, 6.07) is 10.8. The number of hydrogen-bond donors (Lipinski definition) is 1. The fraction of sp³-hybridized carbons (Fsp3) is 0.552. The molecule has 2 nitrogen and oxygen atoms in total. The summed E-state index contributed by atoms with van der Waals surface area (Å²) in [6.45, 7) is 8.84. The lowest BCUT2D eigenvalue weighted by molar-refractivity contribution is 0.103. The standard InChI is InChI=1S/C29H43NO/c1-5-9-13-22-17-23(14-10-6-2)20-26(19-22)29(31)27-21-24(15-11-7-3)18-25(28(27)30)16-12-8-4/h17-21H,5-16,30H2,1-4H3. The van der Waals surface area contributed by atoms with E-state index in [0.29, 0.717) is 11.3 Å². The third kappa shape index (κ3) is 7.52. The Morgan fingerprint density at radius 2 is 1.10 bits per heavy atom. The Bertz CT molecular complexity index is 811. The maximum atomic E-state index is 13.7. The Kier molecular flexibility index (Phi) is 10.8. The van der Waals surface area contributed by atoms with E-state index in [9.17, 15) is 4.79 Å². The maximum absolute atomic E-state index is 13.7. The van der Waals surface area contributed by atoms with Crippen LogP contribution in [0.4, 0.5) is 5.69 Å². The van der Waals surface area contributed by atoms with E-state index in [1.54, 1.807) is 0 Å². The van der Waals surface area contributed by atoms with Crippen LogP contribution >= 0.6 is 0 Å². The molecule has 2 aromatic rings. The first-order valence-corrected chi connectivity index (χ1v) is 12.6. The first kappa shape index (κ1) is 25.2. The summed E-state index contributed by atoms with van der Waals surface area (Å²) in [5.41, 5.74) is 13.7. The zero-order valence-electron chi connectivity index (χ0n) is 20.4. The van der Waals surface area contributed by atoms with E-state index >= 15 is 0 Å². The molecular weight excluding hydrogens is 378 g/mol. The van der Waals surface area contributed by atoms with Gasteiger partial charge in [0.25, 0.3) is 0 Å². The number of unbranched alkanes of at least 4 members (excludes halogenated alkanes) is 4. The van der Waals surface area contributed by atoms with Gasteiger partial charge < -0.3 is 5.73 Å². The van der Waals surface area contributed by atoms with Crippen LogP contribution in [0.15, 0.2) is 30.3 Å². The van der Waals surface area contributed by atoms with Gasteiger partial charge in [-0.25, -0.2) is 0 Å². The van der Waals surface area contributed by atoms with Crippen LogP contribution < -0.4 is 5.73 Å². The van der Waals surface area contributed by atoms with Crippen LogP contribution in [0.5, 0.6) is 0 Å². The van der Waals surface area contributed by atoms with Gasteiger partial charge in [0.1, 0.15) is 0 Å². The second kappa shape index (κ2) is 13.3. The molecule has 0 spiro atoms. The number of rotatable bonds is 14. The summed E-state index contributed by atoms with van der Waals surface area (Å²) in [7, 11) is 0. The molecule has 0 fully saturated rings. The van der Waals surface area contributed by atoms with E-state index in [0.717, 1.165) is 88.2 Å². The second-order valence-corrected chi connectivity index (χ2v) is 9.00. The molecule has 0 aliphatic rings. The van der Waals surface area contributed by atoms with E-state index in [4.69, 9.17) is 5.73 Å². The SMILES string of the molecule is CCCCc1cc(CCCC)cc(C(=O)c2cc(CCCC)cc(CCCC)c2N)c1. The summed E-state index contributed by atoms with van der Waals surface area (Å²) < 4.78 is 0. The van der Waals surface area contributed by atoms with Crippen LogP contribution in [0.3, 0.4) is 0 Å². The minimum absolute atomic E-state index is 0.0877. The smallest absolute Gasteiger partial charge is 0.195 e. The molecule has 0 atom stereocenters. The molecule has 2 rings (SSSR count). The minimum Gasteiger partial charge on any atom is -0.398 e. The summed E-state index contributed by atoms with van der Waals surface area (Å²) in [6.07, 6.45) is 13.2. The molecule has 0 unspecified atom stereocenters. The van der Waals surface area contributed by atoms with Crippen molar-refractivity contribution in [2.45, 2.75) is 105 Å². The summed E-state index contributed by atoms with van der Waals surface area (Å²) in [5, 5.41) is 0. The summed E-state index contributed by atoms with van der Waals surface area (Å²) in [4.78, 5) is 13.7. The third-order valence-electron chi connectivity index (χ3n) is 6.14. The third-order valence-corrected chi connectivity index (χ3v) is 6.14. The number of nitrogens with two attached hydrogens (primary N) is 1. The molecule has 0 aromatic heterocycles. The second-order valence-electron chi connectivity index (χ2n) is 9.00. The molecule has 2 aromatic carbocycles. The Morgan fingerprint density at radius 3 is 1.58 bits per heavy atom. The highest BCUT2D eigenvalue weighted by atomic mass is 16.1. The van der Waals surface area contributed by atoms with Crippen molar-refractivity contribution in [2.24, 2.45) is 0 Å². The molecule has 170 valence electrons. The van der Waals surface area contributed by atoms with Crippen molar-refractivity contribution < 1.29 is 4.79 Å². The fourth-order valence-electron chi connectivity index (χ4n) is 4.17. The number of carbonyl (C=O) groups is 1. The van der Waals surface area contributed by atoms with Gasteiger partial charge in [-0.3, -0.25) is 4.79 Å². The lowest BCUT2D eigenvalue weighted by atomic mass is 9.90. The van der Waals surface area contributed by atoms with E-state index in [-0.39, 0.29) is 5.78 Å². The molecule has 2 heteroatoms. The van der Waals surface area contributed by atoms with E-state index in [1.807, 2.05) is 0 Å². The Morgan fingerprint density at radius 1 is 0.645 bits per heavy atom. The molecule has 2 N–H and O–H groups in total. The highest BCUT2D eigenvalue weighted by Crippen LogP contribution is 2.27. The summed E-state index contributed by atoms with van der Waals surface area (Å²) in [5.74, 6) is 0.0877. The van der Waals surface area contributed by atoms with Crippen molar-refractivity contribution in [1.29, 1.82) is 0 Å². The van der Waals surface area contributed by atoms with Gasteiger partial charge >= 0.3 is 0 Å². The van der Waals surface area contributed by atoms with Crippen LogP contribution in [0.2, 0.25) is 0 Å². The van der Waals surface area contributed by atoms with Crippen LogP contribution in [-0.2, 0) is 25.7 Å². The first-order chi connectivity index (χ1) is 15.0. The molecule has 0 bridgehead atoms. The number of carbonyl (C=O) groups excluding carboxylic acids is 1. The summed E-state index contributed by atoms with van der Waals surface area (Å²) >= 11 is 0. The van der Waals surface area contributed by atoms with Crippen LogP contribution in [0.1, 0.15) is 117 Å². The van der Waals surface area contributed by atoms with Gasteiger partial charge in [-0.1, -0.05) is 65.5 Å². The van der Waals surface area contributed by atoms with Gasteiger partial charge in [0.15, 0.2) is 5.78 Å². The molecule has 0 saturated carbocycles. The van der Waals surface area contributed by atoms with Crippen molar-refractivity contribution in [3.8, 4) is 0 Å². The highest BCUT2D eigenvalue weighted by Gasteiger charge is 2.18. The number of anilines is 1. The van der Waals surface area contributed by atoms with E-state index in [1.165, 1.54) is 16.7 Å². The number of nitrogen functional groups attached to an aromatic ring is 1. The fourth-order valence-corrected chi connectivity index (χ4v) is 4.17. The quantitative estimate of drug-likeness (QED) is 0.249. The molecule has 31 heavy (non-hydrogen) atoms. The van der Waals surface area contributed by atoms with Gasteiger partial charge in [-0.15, -0.1) is 0 Å². The van der Waals surface area contributed by atoms with Crippen molar-refractivity contribution in [3.05, 3.63) is 63.7 Å². The van der Waals surface area contributed by atoms with E-state index in [2.05, 4.69) is 58.0 Å². The first-order valence-electron chi connectivity index (χ1n) is 12.6. The van der Waals surface area contributed by atoms with Gasteiger partial charge in [0, 0.05) is 16.8 Å². The van der Waals surface area contributed by atoms with E-state index < -0.39 is 0 Å². The average Bonchev–Trinajstić information content (AvgIpc) is 2.79. The monoisotopic (exact) mass is 421 g/mol. The van der Waals surface area contributed by atoms with Crippen LogP contribution in [0, 0.1) is 0 Å². The average molecular weight is 422 g/mol. The van der Waals surface area contributed by atoms with Crippen molar-refractivity contribution in [1.82, 2.24) is 0 Å². The molecule has 0 saturated heterocycles. The van der Waals surface area contributed by atoms with Gasteiger partial charge in [0.2, 0.25) is 0 Å². The number of benzene rings is 2. The molecule has 0 aliphatic carbocycles. The van der Waals surface area contributed by atoms with Gasteiger partial charge in [0.05, 0.1) is 0 Å². The molecule has 0 amide bonds. The van der Waals surface area contributed by atoms with Crippen molar-refractivity contribution in [3.63, 3.8) is 0 Å². The zero-order chi connectivity index (χ0) is 22.6. The number of ketones is 1. The largest absolute Gasteiger partial charge is 0.398 e. The predicted octanol–water partition coefficient (Wildman–Crippen LogP) is 7.87. The molecular formula is C29H43NO. The van der Waals surface area contributed by atoms with Crippen molar-refractivity contribution >= 4 is 11.5 Å². The van der Waals surface area contributed by atoms with Crippen molar-refractivity contribution in [2.75, 3.05) is 5.73 Å². The number of aryl methyl sites for hydroxylation is 4. The highest BCUT2D eigenvalue weighted by molar-refractivity contribution is 6.12. The Hall–Kier alpha value is -2.09. The topological polar surface area (TPSA) is 43.1 Å². The zero-order valence-corrected chi connectivity index (χ0v) is 20.4. The number of hydrogen-bond acceptors (Lipinski definition) is 2. The Labute approximate surface area is 190 Å².